The average molecular weight is 816 g/mol. The van der Waals surface area contributed by atoms with Crippen LogP contribution in [0.3, 0.4) is 0 Å². The fraction of sp³-hybridized carbons (Fsp3) is 0.833. The van der Waals surface area contributed by atoms with Gasteiger partial charge < -0.3 is 20.9 Å². The van der Waals surface area contributed by atoms with Crippen LogP contribution in [-0.4, -0.2) is 114 Å². The third-order valence-corrected chi connectivity index (χ3v) is 17.3. The zero-order valence-electron chi connectivity index (χ0n) is 35.7. The molecule has 0 aromatic carbocycles. The summed E-state index contributed by atoms with van der Waals surface area (Å²) in [6.07, 6.45) is 10.4. The van der Waals surface area contributed by atoms with E-state index >= 15 is 4.79 Å². The molecule has 7 atom stereocenters. The van der Waals surface area contributed by atoms with Gasteiger partial charge in [0.05, 0.1) is 6.04 Å². The van der Waals surface area contributed by atoms with Crippen molar-refractivity contribution >= 4 is 39.7 Å². The molecule has 320 valence electrons. The zero-order chi connectivity index (χ0) is 41.9. The molecule has 0 bridgehead atoms. The van der Waals surface area contributed by atoms with Crippen molar-refractivity contribution in [3.8, 4) is 0 Å². The Balaban J connectivity index is 1.28. The van der Waals surface area contributed by atoms with Crippen LogP contribution >= 0.6 is 0 Å². The van der Waals surface area contributed by atoms with Crippen LogP contribution < -0.4 is 20.7 Å². The summed E-state index contributed by atoms with van der Waals surface area (Å²) in [6, 6.07) is -3.06. The number of likely N-dealkylation sites (N-methyl/N-ethyl adjacent to an activating group) is 1. The Morgan fingerprint density at radius 2 is 1.53 bits per heavy atom. The molecule has 0 aromatic rings. The van der Waals surface area contributed by atoms with Gasteiger partial charge in [0.25, 0.3) is 5.91 Å². The van der Waals surface area contributed by atoms with Gasteiger partial charge in [-0.15, -0.1) is 6.58 Å². The number of nitrogens with zero attached hydrogens (tertiary/aromatic N) is 3. The second-order valence-corrected chi connectivity index (χ2v) is 21.2. The molecule has 4 N–H and O–H groups in total. The zero-order valence-corrected chi connectivity index (χ0v) is 36.5. The van der Waals surface area contributed by atoms with E-state index in [0.717, 1.165) is 75.2 Å². The third-order valence-electron chi connectivity index (χ3n) is 15.6. The van der Waals surface area contributed by atoms with E-state index in [1.54, 1.807) is 24.8 Å². The van der Waals surface area contributed by atoms with Gasteiger partial charge in [-0.3, -0.25) is 28.9 Å². The van der Waals surface area contributed by atoms with Gasteiger partial charge >= 0.3 is 10.2 Å². The highest BCUT2D eigenvalue weighted by atomic mass is 32.2. The summed E-state index contributed by atoms with van der Waals surface area (Å²) in [4.78, 5) is 75.6. The summed E-state index contributed by atoms with van der Waals surface area (Å²) in [5.41, 5.74) is -2.80. The minimum absolute atomic E-state index is 0.0192. The first-order chi connectivity index (χ1) is 26.7. The lowest BCUT2D eigenvalue weighted by atomic mass is 9.73. The van der Waals surface area contributed by atoms with Crippen LogP contribution in [0.5, 0.6) is 0 Å². The minimum Gasteiger partial charge on any atom is -0.343 e. The van der Waals surface area contributed by atoms with Gasteiger partial charge in [-0.2, -0.15) is 12.7 Å². The third kappa shape index (κ3) is 7.23. The number of rotatable bonds is 15. The molecule has 2 heterocycles. The molecule has 2 aliphatic heterocycles. The molecule has 57 heavy (non-hydrogen) atoms. The Kier molecular flexibility index (Phi) is 11.9. The summed E-state index contributed by atoms with van der Waals surface area (Å²) in [5.74, 6) is -2.83. The Labute approximate surface area is 340 Å². The number of nitrogens with one attached hydrogen (secondary N) is 4. The monoisotopic (exact) mass is 815 g/mol. The highest BCUT2D eigenvalue weighted by Crippen LogP contribution is 2.88. The van der Waals surface area contributed by atoms with Crippen LogP contribution in [0.2, 0.25) is 0 Å². The molecule has 2 spiro atoms. The molecule has 0 radical (unpaired) electrons. The lowest BCUT2D eigenvalue weighted by Gasteiger charge is -2.37. The van der Waals surface area contributed by atoms with Gasteiger partial charge in [-0.1, -0.05) is 80.7 Å². The Hall–Kier alpha value is -3.04. The standard InChI is InChI=1S/C42H69N7O7S/c1-10-28-24-42(28,37(54)46-57(55,56)48(12-3)13-4)45-34(51)30-25-41(39(8,9)40(41)21-17-22-40)26-49(30)36(53)32(38(5,6)7)44-35(52)31(27-18-14-15-19-27)43-33(50)29-20-16-23-47(29)11-2/h10,27-32H,1,11-26H2,2-9H3,(H,43,50)(H,44,52)(H,45,51)(H,46,54)/t28-,29+,30+,31?,32?,41-,42-/m1/s1. The van der Waals surface area contributed by atoms with E-state index < -0.39 is 62.9 Å². The number of fused-ring (bicyclic) bond motifs is 1. The number of amides is 5. The van der Waals surface area contributed by atoms with Crippen molar-refractivity contribution in [1.82, 2.24) is 34.8 Å². The molecule has 2 unspecified atom stereocenters. The second-order valence-electron chi connectivity index (χ2n) is 19.5. The quantitative estimate of drug-likeness (QED) is 0.182. The molecule has 14 nitrogen and oxygen atoms in total. The Morgan fingerprint density at radius 1 is 0.877 bits per heavy atom. The molecule has 0 aromatic heterocycles. The van der Waals surface area contributed by atoms with Gasteiger partial charge in [-0.25, -0.2) is 4.72 Å². The van der Waals surface area contributed by atoms with Crippen LogP contribution in [0.15, 0.2) is 12.7 Å². The van der Waals surface area contributed by atoms with Crippen molar-refractivity contribution in [2.24, 2.45) is 33.5 Å². The average Bonchev–Trinajstić information content (AvgIpc) is 3.54. The normalized spacial score (nSPS) is 31.5. The fourth-order valence-electron chi connectivity index (χ4n) is 11.7. The predicted molar refractivity (Wildman–Crippen MR) is 217 cm³/mol. The molecule has 4 aliphatic carbocycles. The largest absolute Gasteiger partial charge is 0.343 e. The second kappa shape index (κ2) is 15.5. The van der Waals surface area contributed by atoms with E-state index in [9.17, 15) is 27.6 Å². The van der Waals surface area contributed by atoms with Crippen LogP contribution in [0.4, 0.5) is 0 Å². The van der Waals surface area contributed by atoms with Gasteiger partial charge in [0.15, 0.2) is 0 Å². The van der Waals surface area contributed by atoms with Crippen molar-refractivity contribution < 1.29 is 32.4 Å². The number of carbonyl (C=O) groups is 5. The first-order valence-electron chi connectivity index (χ1n) is 21.6. The Morgan fingerprint density at radius 3 is 2.04 bits per heavy atom. The van der Waals surface area contributed by atoms with E-state index in [1.165, 1.54) is 0 Å². The number of carbonyl (C=O) groups excluding carboxylic acids is 5. The molecule has 5 amide bonds. The van der Waals surface area contributed by atoms with Crippen LogP contribution in [0, 0.1) is 33.5 Å². The van der Waals surface area contributed by atoms with Gasteiger partial charge in [0.1, 0.15) is 23.7 Å². The molecule has 4 saturated carbocycles. The molecule has 2 saturated heterocycles. The van der Waals surface area contributed by atoms with Crippen LogP contribution in [0.1, 0.15) is 126 Å². The molecular formula is C42H69N7O7S. The number of likely N-dealkylation sites (tertiary alicyclic amines) is 2. The highest BCUT2D eigenvalue weighted by Gasteiger charge is 2.85. The smallest absolute Gasteiger partial charge is 0.303 e. The van der Waals surface area contributed by atoms with E-state index in [1.807, 2.05) is 27.7 Å². The first kappa shape index (κ1) is 43.5. The maximum absolute atomic E-state index is 15.2. The molecule has 15 heteroatoms. The maximum atomic E-state index is 15.2. The number of hydrogen-bond donors (Lipinski definition) is 4. The summed E-state index contributed by atoms with van der Waals surface area (Å²) in [7, 11) is -4.17. The Bertz CT molecular complexity index is 1730. The topological polar surface area (TPSA) is 177 Å². The SMILES string of the molecule is C=C[C@@H]1C[C@]1(NC(=O)[C@@H]1C[C@@]2(CN1C(=O)C(NC(=O)C(NC(=O)[C@@H]1CCCN1CC)C1CCCC1)C(C)(C)C)C(C)(C)C21CCC1)C(=O)NS(=O)(=O)N(CC)CC. The van der Waals surface area contributed by atoms with Gasteiger partial charge in [0, 0.05) is 31.0 Å². The van der Waals surface area contributed by atoms with Crippen molar-refractivity contribution in [3.05, 3.63) is 12.7 Å². The van der Waals surface area contributed by atoms with Crippen molar-refractivity contribution in [2.75, 3.05) is 32.7 Å². The van der Waals surface area contributed by atoms with Gasteiger partial charge in [-0.05, 0) is 86.6 Å². The summed E-state index contributed by atoms with van der Waals surface area (Å²) >= 11 is 0. The fourth-order valence-corrected chi connectivity index (χ4v) is 12.9. The summed E-state index contributed by atoms with van der Waals surface area (Å²) in [5, 5.41) is 9.18. The van der Waals surface area contributed by atoms with Crippen molar-refractivity contribution in [1.29, 1.82) is 0 Å². The molecule has 6 fully saturated rings. The van der Waals surface area contributed by atoms with E-state index in [4.69, 9.17) is 0 Å². The molecule has 6 aliphatic rings. The highest BCUT2D eigenvalue weighted by molar-refractivity contribution is 7.87. The summed E-state index contributed by atoms with van der Waals surface area (Å²) < 4.78 is 29.6. The first-order valence-corrected chi connectivity index (χ1v) is 23.1. The van der Waals surface area contributed by atoms with Crippen LogP contribution in [0.25, 0.3) is 0 Å². The number of hydrogen-bond acceptors (Lipinski definition) is 8. The van der Waals surface area contributed by atoms with Crippen molar-refractivity contribution in [3.63, 3.8) is 0 Å². The minimum atomic E-state index is -4.17. The van der Waals surface area contributed by atoms with E-state index in [0.29, 0.717) is 13.0 Å². The van der Waals surface area contributed by atoms with Gasteiger partial charge in [0.2, 0.25) is 23.6 Å². The predicted octanol–water partition coefficient (Wildman–Crippen LogP) is 3.24. The molecule has 6 rings (SSSR count). The van der Waals surface area contributed by atoms with E-state index in [2.05, 4.69) is 46.0 Å². The lowest BCUT2D eigenvalue weighted by Crippen LogP contribution is -2.63. The molecular weight excluding hydrogens is 747 g/mol. The van der Waals surface area contributed by atoms with Crippen LogP contribution in [-0.2, 0) is 34.2 Å². The van der Waals surface area contributed by atoms with Crippen molar-refractivity contribution in [2.45, 2.75) is 156 Å². The van der Waals surface area contributed by atoms with E-state index in [-0.39, 0.29) is 59.5 Å². The summed E-state index contributed by atoms with van der Waals surface area (Å²) in [6.45, 7) is 21.6. The lowest BCUT2D eigenvalue weighted by molar-refractivity contribution is -0.145. The maximum Gasteiger partial charge on any atom is 0.303 e.